The minimum Gasteiger partial charge on any atom is -0.493 e. The lowest BCUT2D eigenvalue weighted by Crippen LogP contribution is -2.06. The Kier molecular flexibility index (Phi) is 4.93. The summed E-state index contributed by atoms with van der Waals surface area (Å²) in [6, 6.07) is 10.2. The number of hydrogen-bond acceptors (Lipinski definition) is 6. The maximum Gasteiger partial charge on any atom is 0.231 e. The van der Waals surface area contributed by atoms with E-state index in [2.05, 4.69) is 0 Å². The molecular weight excluding hydrogens is 336 g/mol. The monoisotopic (exact) mass is 354 g/mol. The summed E-state index contributed by atoms with van der Waals surface area (Å²) in [5.41, 5.74) is 1.19. The van der Waals surface area contributed by atoms with Crippen LogP contribution in [0.2, 0.25) is 0 Å². The van der Waals surface area contributed by atoms with Gasteiger partial charge in [0, 0.05) is 6.07 Å². The number of fused-ring (bicyclic) bond motifs is 1. The average Bonchev–Trinajstić information content (AvgIpc) is 2.95. The third kappa shape index (κ3) is 3.54. The third-order valence-corrected chi connectivity index (χ3v) is 3.79. The van der Waals surface area contributed by atoms with Crippen LogP contribution >= 0.6 is 0 Å². The quantitative estimate of drug-likeness (QED) is 0.742. The van der Waals surface area contributed by atoms with E-state index in [1.54, 1.807) is 56.7 Å². The van der Waals surface area contributed by atoms with Crippen molar-refractivity contribution in [3.05, 3.63) is 53.3 Å². The zero-order valence-corrected chi connectivity index (χ0v) is 14.7. The molecule has 0 bridgehead atoms. The topological polar surface area (TPSA) is 71.1 Å². The first-order valence-electron chi connectivity index (χ1n) is 7.94. The van der Waals surface area contributed by atoms with Crippen LogP contribution in [-0.2, 0) is 4.79 Å². The van der Waals surface area contributed by atoms with Crippen molar-refractivity contribution in [2.75, 3.05) is 20.8 Å². The first kappa shape index (κ1) is 17.5. The lowest BCUT2D eigenvalue weighted by atomic mass is 10.1. The predicted molar refractivity (Wildman–Crippen MR) is 95.1 cm³/mol. The van der Waals surface area contributed by atoms with Gasteiger partial charge in [0.15, 0.2) is 23.0 Å². The molecule has 0 amide bonds. The fourth-order valence-electron chi connectivity index (χ4n) is 2.54. The molecule has 6 nitrogen and oxygen atoms in total. The number of ether oxygens (including phenoxy) is 4. The van der Waals surface area contributed by atoms with Crippen LogP contribution in [0.3, 0.4) is 0 Å². The highest BCUT2D eigenvalue weighted by atomic mass is 16.5. The van der Waals surface area contributed by atoms with Gasteiger partial charge in [0.05, 0.1) is 19.8 Å². The average molecular weight is 354 g/mol. The van der Waals surface area contributed by atoms with Gasteiger partial charge in [-0.1, -0.05) is 6.07 Å². The second-order valence-corrected chi connectivity index (χ2v) is 5.70. The van der Waals surface area contributed by atoms with Gasteiger partial charge in [0.2, 0.25) is 5.78 Å². The Balaban J connectivity index is 1.85. The Hall–Kier alpha value is -3.28. The van der Waals surface area contributed by atoms with E-state index in [0.29, 0.717) is 28.6 Å². The molecule has 0 N–H and O–H groups in total. The lowest BCUT2D eigenvalue weighted by molar-refractivity contribution is -0.118. The number of allylic oxidation sites excluding steroid dienone is 1. The van der Waals surface area contributed by atoms with Gasteiger partial charge in [-0.05, 0) is 42.8 Å². The van der Waals surface area contributed by atoms with Gasteiger partial charge in [0.25, 0.3) is 0 Å². The predicted octanol–water partition coefficient (Wildman–Crippen LogP) is 3.29. The van der Waals surface area contributed by atoms with E-state index in [-0.39, 0.29) is 23.9 Å². The molecular formula is C20H18O6. The van der Waals surface area contributed by atoms with Gasteiger partial charge < -0.3 is 18.9 Å². The molecule has 0 aliphatic carbocycles. The molecule has 134 valence electrons. The molecule has 3 rings (SSSR count). The van der Waals surface area contributed by atoms with E-state index in [9.17, 15) is 9.59 Å². The zero-order chi connectivity index (χ0) is 18.7. The number of methoxy groups -OCH3 is 2. The molecule has 0 unspecified atom stereocenters. The van der Waals surface area contributed by atoms with Crippen LogP contribution < -0.4 is 18.9 Å². The Labute approximate surface area is 150 Å². The fraction of sp³-hybridized carbons (Fsp3) is 0.200. The normalized spacial score (nSPS) is 14.0. The molecule has 0 spiro atoms. The summed E-state index contributed by atoms with van der Waals surface area (Å²) < 4.78 is 21.5. The Morgan fingerprint density at radius 3 is 2.54 bits per heavy atom. The van der Waals surface area contributed by atoms with E-state index in [0.717, 1.165) is 5.56 Å². The number of carbonyl (C=O) groups excluding carboxylic acids is 2. The van der Waals surface area contributed by atoms with E-state index in [1.807, 2.05) is 0 Å². The molecule has 26 heavy (non-hydrogen) atoms. The molecule has 0 saturated carbocycles. The summed E-state index contributed by atoms with van der Waals surface area (Å²) in [7, 11) is 3.10. The molecule has 6 heteroatoms. The third-order valence-electron chi connectivity index (χ3n) is 3.79. The minimum atomic E-state index is -0.215. The van der Waals surface area contributed by atoms with Crippen LogP contribution in [0.5, 0.6) is 23.0 Å². The Bertz CT molecular complexity index is 897. The van der Waals surface area contributed by atoms with Gasteiger partial charge >= 0.3 is 0 Å². The molecule has 2 aromatic carbocycles. The highest BCUT2D eigenvalue weighted by molar-refractivity contribution is 6.14. The maximum atomic E-state index is 12.5. The molecule has 0 radical (unpaired) electrons. The van der Waals surface area contributed by atoms with Crippen molar-refractivity contribution in [3.63, 3.8) is 0 Å². The first-order chi connectivity index (χ1) is 12.5. The molecule has 0 fully saturated rings. The van der Waals surface area contributed by atoms with Gasteiger partial charge in [-0.25, -0.2) is 0 Å². The number of Topliss-reactive ketones (excluding diaryl/α,β-unsaturated/α-hetero) is 2. The second kappa shape index (κ2) is 7.31. The molecule has 0 aromatic heterocycles. The molecule has 0 saturated heterocycles. The van der Waals surface area contributed by atoms with Crippen molar-refractivity contribution < 1.29 is 28.5 Å². The molecule has 1 aliphatic rings. The van der Waals surface area contributed by atoms with Crippen molar-refractivity contribution in [1.82, 2.24) is 0 Å². The second-order valence-electron chi connectivity index (χ2n) is 5.70. The summed E-state index contributed by atoms with van der Waals surface area (Å²) in [4.78, 5) is 23.5. The van der Waals surface area contributed by atoms with Crippen molar-refractivity contribution in [2.45, 2.75) is 6.92 Å². The summed E-state index contributed by atoms with van der Waals surface area (Å²) in [6.07, 6.45) is 1.64. The zero-order valence-electron chi connectivity index (χ0n) is 14.7. The first-order valence-corrected chi connectivity index (χ1v) is 7.94. The molecule has 2 aromatic rings. The van der Waals surface area contributed by atoms with Crippen molar-refractivity contribution in [2.24, 2.45) is 0 Å². The number of hydrogen-bond donors (Lipinski definition) is 0. The number of ketones is 2. The van der Waals surface area contributed by atoms with E-state index < -0.39 is 0 Å². The van der Waals surface area contributed by atoms with Crippen LogP contribution in [0, 0.1) is 0 Å². The van der Waals surface area contributed by atoms with Gasteiger partial charge in [-0.2, -0.15) is 0 Å². The Morgan fingerprint density at radius 1 is 1.08 bits per heavy atom. The van der Waals surface area contributed by atoms with Gasteiger partial charge in [-0.15, -0.1) is 0 Å². The summed E-state index contributed by atoms with van der Waals surface area (Å²) in [6.45, 7) is 1.42. The lowest BCUT2D eigenvalue weighted by Gasteiger charge is -2.08. The molecule has 1 aliphatic heterocycles. The number of rotatable bonds is 6. The molecule has 0 atom stereocenters. The van der Waals surface area contributed by atoms with E-state index in [4.69, 9.17) is 18.9 Å². The summed E-state index contributed by atoms with van der Waals surface area (Å²) in [5.74, 6) is 1.94. The van der Waals surface area contributed by atoms with E-state index in [1.165, 1.54) is 6.92 Å². The summed E-state index contributed by atoms with van der Waals surface area (Å²) in [5, 5.41) is 0. The van der Waals surface area contributed by atoms with E-state index >= 15 is 0 Å². The smallest absolute Gasteiger partial charge is 0.231 e. The van der Waals surface area contributed by atoms with Crippen LogP contribution in [0.1, 0.15) is 22.8 Å². The van der Waals surface area contributed by atoms with Crippen molar-refractivity contribution in [3.8, 4) is 23.0 Å². The Morgan fingerprint density at radius 2 is 1.85 bits per heavy atom. The molecule has 1 heterocycles. The summed E-state index contributed by atoms with van der Waals surface area (Å²) >= 11 is 0. The minimum absolute atomic E-state index is 0.0267. The van der Waals surface area contributed by atoms with Crippen molar-refractivity contribution in [1.29, 1.82) is 0 Å². The van der Waals surface area contributed by atoms with Crippen molar-refractivity contribution >= 4 is 17.6 Å². The van der Waals surface area contributed by atoms with Crippen LogP contribution in [0.15, 0.2) is 42.2 Å². The SMILES string of the molecule is COc1ccc(/C=C2\Oc3cc(OCC(C)=O)ccc3C2=O)cc1OC. The number of benzene rings is 2. The standard InChI is InChI=1S/C20H18O6/c1-12(21)11-25-14-5-6-15-17(10-14)26-19(20(15)22)9-13-4-7-16(23-2)18(8-13)24-3/h4-10H,11H2,1-3H3/b19-9-. The largest absolute Gasteiger partial charge is 0.493 e. The highest BCUT2D eigenvalue weighted by Crippen LogP contribution is 2.35. The fourth-order valence-corrected chi connectivity index (χ4v) is 2.54. The van der Waals surface area contributed by atoms with Gasteiger partial charge in [-0.3, -0.25) is 9.59 Å². The van der Waals surface area contributed by atoms with Crippen LogP contribution in [0.4, 0.5) is 0 Å². The van der Waals surface area contributed by atoms with Gasteiger partial charge in [0.1, 0.15) is 18.1 Å². The highest BCUT2D eigenvalue weighted by Gasteiger charge is 2.27. The number of carbonyl (C=O) groups is 2. The van der Waals surface area contributed by atoms with Crippen LogP contribution in [0.25, 0.3) is 6.08 Å². The van der Waals surface area contributed by atoms with Crippen LogP contribution in [-0.4, -0.2) is 32.4 Å². The maximum absolute atomic E-state index is 12.5.